The molecule has 108 valence electrons. The number of furan rings is 1. The number of rotatable bonds is 6. The molecule has 0 fully saturated rings. The molecule has 0 aromatic carbocycles. The Morgan fingerprint density at radius 1 is 1.47 bits per heavy atom. The van der Waals surface area contributed by atoms with Crippen molar-refractivity contribution in [2.75, 3.05) is 13.1 Å². The lowest BCUT2D eigenvalue weighted by molar-refractivity contribution is -0.136. The largest absolute Gasteiger partial charge is 0.467 e. The third kappa shape index (κ3) is 5.07. The first-order valence-corrected chi connectivity index (χ1v) is 6.88. The lowest BCUT2D eigenvalue weighted by atomic mass is 9.84. The van der Waals surface area contributed by atoms with Crippen molar-refractivity contribution in [3.8, 4) is 0 Å². The van der Waals surface area contributed by atoms with Gasteiger partial charge in [-0.25, -0.2) is 0 Å². The van der Waals surface area contributed by atoms with Crippen molar-refractivity contribution in [1.82, 2.24) is 4.90 Å². The van der Waals surface area contributed by atoms with Crippen LogP contribution in [0.5, 0.6) is 0 Å². The Labute approximate surface area is 116 Å². The van der Waals surface area contributed by atoms with E-state index in [0.29, 0.717) is 19.6 Å². The van der Waals surface area contributed by atoms with Crippen molar-refractivity contribution in [1.29, 1.82) is 0 Å². The first-order valence-electron chi connectivity index (χ1n) is 6.88. The molecule has 1 aromatic heterocycles. The van der Waals surface area contributed by atoms with Crippen molar-refractivity contribution >= 4 is 5.91 Å². The molecule has 1 heterocycles. The summed E-state index contributed by atoms with van der Waals surface area (Å²) >= 11 is 0. The van der Waals surface area contributed by atoms with Gasteiger partial charge in [-0.1, -0.05) is 20.8 Å². The van der Waals surface area contributed by atoms with Crippen LogP contribution in [0.15, 0.2) is 22.8 Å². The van der Waals surface area contributed by atoms with Crippen LogP contribution in [0, 0.1) is 11.3 Å². The summed E-state index contributed by atoms with van der Waals surface area (Å²) in [6, 6.07) is 3.72. The van der Waals surface area contributed by atoms with Crippen LogP contribution in [0.4, 0.5) is 0 Å². The van der Waals surface area contributed by atoms with E-state index in [1.165, 1.54) is 0 Å². The minimum Gasteiger partial charge on any atom is -0.467 e. The van der Waals surface area contributed by atoms with Gasteiger partial charge in [0.1, 0.15) is 5.76 Å². The topological polar surface area (TPSA) is 59.5 Å². The van der Waals surface area contributed by atoms with Crippen molar-refractivity contribution < 1.29 is 9.21 Å². The molecule has 2 N–H and O–H groups in total. The minimum absolute atomic E-state index is 0.101. The average molecular weight is 266 g/mol. The number of nitrogens with two attached hydrogens (primary N) is 1. The van der Waals surface area contributed by atoms with Crippen LogP contribution in [0.3, 0.4) is 0 Å². The number of carbonyl (C=O) groups is 1. The van der Waals surface area contributed by atoms with Crippen LogP contribution in [-0.2, 0) is 11.3 Å². The third-order valence-electron chi connectivity index (χ3n) is 3.11. The number of nitrogens with zero attached hydrogens (tertiary/aromatic N) is 1. The summed E-state index contributed by atoms with van der Waals surface area (Å²) in [6.07, 6.45) is 2.43. The van der Waals surface area contributed by atoms with E-state index < -0.39 is 0 Å². The maximum Gasteiger partial charge on any atom is 0.227 e. The first-order chi connectivity index (χ1) is 8.87. The lowest BCUT2D eigenvalue weighted by Crippen LogP contribution is -2.40. The van der Waals surface area contributed by atoms with Crippen molar-refractivity contribution in [2.24, 2.45) is 17.1 Å². The number of hydrogen-bond acceptors (Lipinski definition) is 3. The highest BCUT2D eigenvalue weighted by molar-refractivity contribution is 5.79. The van der Waals surface area contributed by atoms with Crippen LogP contribution in [0.2, 0.25) is 0 Å². The van der Waals surface area contributed by atoms with Gasteiger partial charge in [0.2, 0.25) is 5.91 Å². The fraction of sp³-hybridized carbons (Fsp3) is 0.667. The van der Waals surface area contributed by atoms with E-state index in [2.05, 4.69) is 20.8 Å². The van der Waals surface area contributed by atoms with E-state index in [-0.39, 0.29) is 17.2 Å². The molecule has 1 unspecified atom stereocenters. The molecule has 1 atom stereocenters. The standard InChI is InChI=1S/C15H26N2O2/c1-5-17(11-13-7-6-8-19-13)14(18)12(10-16)9-15(2,3)4/h6-8,12H,5,9-11,16H2,1-4H3. The second-order valence-electron chi connectivity index (χ2n) is 6.13. The Morgan fingerprint density at radius 3 is 2.58 bits per heavy atom. The highest BCUT2D eigenvalue weighted by Crippen LogP contribution is 2.25. The average Bonchev–Trinajstić information content (AvgIpc) is 2.84. The summed E-state index contributed by atoms with van der Waals surface area (Å²) in [6.45, 7) is 9.95. The van der Waals surface area contributed by atoms with Gasteiger partial charge in [0, 0.05) is 13.1 Å². The molecular weight excluding hydrogens is 240 g/mol. The second kappa shape index (κ2) is 6.75. The Hall–Kier alpha value is -1.29. The normalized spacial score (nSPS) is 13.3. The molecule has 1 rings (SSSR count). The molecule has 0 saturated carbocycles. The van der Waals surface area contributed by atoms with Gasteiger partial charge in [0.05, 0.1) is 18.7 Å². The molecule has 0 radical (unpaired) electrons. The van der Waals surface area contributed by atoms with E-state index in [4.69, 9.17) is 10.2 Å². The van der Waals surface area contributed by atoms with Gasteiger partial charge in [-0.3, -0.25) is 4.79 Å². The molecule has 4 nitrogen and oxygen atoms in total. The predicted octanol–water partition coefficient (Wildman–Crippen LogP) is 2.64. The summed E-state index contributed by atoms with van der Waals surface area (Å²) < 4.78 is 5.31. The highest BCUT2D eigenvalue weighted by atomic mass is 16.3. The quantitative estimate of drug-likeness (QED) is 0.861. The Balaban J connectivity index is 2.70. The van der Waals surface area contributed by atoms with Gasteiger partial charge in [-0.05, 0) is 30.9 Å². The zero-order valence-electron chi connectivity index (χ0n) is 12.5. The second-order valence-corrected chi connectivity index (χ2v) is 6.13. The fourth-order valence-electron chi connectivity index (χ4n) is 2.21. The first kappa shape index (κ1) is 15.8. The third-order valence-corrected chi connectivity index (χ3v) is 3.11. The van der Waals surface area contributed by atoms with Crippen molar-refractivity contribution in [2.45, 2.75) is 40.7 Å². The van der Waals surface area contributed by atoms with Gasteiger partial charge in [0.25, 0.3) is 0 Å². The number of hydrogen-bond donors (Lipinski definition) is 1. The zero-order chi connectivity index (χ0) is 14.5. The van der Waals surface area contributed by atoms with E-state index >= 15 is 0 Å². The van der Waals surface area contributed by atoms with Crippen LogP contribution in [0.1, 0.15) is 39.9 Å². The SMILES string of the molecule is CCN(Cc1ccco1)C(=O)C(CN)CC(C)(C)C. The lowest BCUT2D eigenvalue weighted by Gasteiger charge is -2.29. The van der Waals surface area contributed by atoms with E-state index in [1.54, 1.807) is 6.26 Å². The highest BCUT2D eigenvalue weighted by Gasteiger charge is 2.27. The molecule has 1 aromatic rings. The molecule has 4 heteroatoms. The maximum atomic E-state index is 12.5. The van der Waals surface area contributed by atoms with Gasteiger partial charge >= 0.3 is 0 Å². The summed E-state index contributed by atoms with van der Waals surface area (Å²) in [7, 11) is 0. The zero-order valence-corrected chi connectivity index (χ0v) is 12.5. The molecule has 0 bridgehead atoms. The predicted molar refractivity (Wildman–Crippen MR) is 76.4 cm³/mol. The maximum absolute atomic E-state index is 12.5. The minimum atomic E-state index is -0.116. The van der Waals surface area contributed by atoms with E-state index in [0.717, 1.165) is 12.2 Å². The summed E-state index contributed by atoms with van der Waals surface area (Å²) in [4.78, 5) is 14.3. The van der Waals surface area contributed by atoms with Crippen LogP contribution < -0.4 is 5.73 Å². The number of carbonyl (C=O) groups excluding carboxylic acids is 1. The summed E-state index contributed by atoms with van der Waals surface area (Å²) in [5.74, 6) is 0.813. The van der Waals surface area contributed by atoms with E-state index in [1.807, 2.05) is 24.0 Å². The van der Waals surface area contributed by atoms with E-state index in [9.17, 15) is 4.79 Å². The monoisotopic (exact) mass is 266 g/mol. The van der Waals surface area contributed by atoms with Gasteiger partial charge < -0.3 is 15.1 Å². The Kier molecular flexibility index (Phi) is 5.60. The molecule has 19 heavy (non-hydrogen) atoms. The fourth-order valence-corrected chi connectivity index (χ4v) is 2.21. The van der Waals surface area contributed by atoms with Crippen LogP contribution in [0.25, 0.3) is 0 Å². The molecule has 1 amide bonds. The Morgan fingerprint density at radius 2 is 2.16 bits per heavy atom. The van der Waals surface area contributed by atoms with Gasteiger partial charge in [-0.2, -0.15) is 0 Å². The number of amides is 1. The van der Waals surface area contributed by atoms with Crippen LogP contribution >= 0.6 is 0 Å². The molecule has 0 spiro atoms. The van der Waals surface area contributed by atoms with Crippen molar-refractivity contribution in [3.63, 3.8) is 0 Å². The summed E-state index contributed by atoms with van der Waals surface area (Å²) in [5.41, 5.74) is 5.88. The van der Waals surface area contributed by atoms with Gasteiger partial charge in [-0.15, -0.1) is 0 Å². The van der Waals surface area contributed by atoms with Gasteiger partial charge in [0.15, 0.2) is 0 Å². The Bertz CT molecular complexity index is 379. The summed E-state index contributed by atoms with van der Waals surface area (Å²) in [5, 5.41) is 0. The molecule has 0 aliphatic rings. The molecule has 0 aliphatic carbocycles. The molecular formula is C15H26N2O2. The molecule has 0 saturated heterocycles. The van der Waals surface area contributed by atoms with Crippen LogP contribution in [-0.4, -0.2) is 23.9 Å². The smallest absolute Gasteiger partial charge is 0.227 e. The molecule has 0 aliphatic heterocycles. The van der Waals surface area contributed by atoms with Crippen molar-refractivity contribution in [3.05, 3.63) is 24.2 Å².